The molecule has 0 saturated carbocycles. The summed E-state index contributed by atoms with van der Waals surface area (Å²) in [4.78, 5) is 11.9. The molecule has 4 heteroatoms. The summed E-state index contributed by atoms with van der Waals surface area (Å²) in [6.45, 7) is 0. The fraction of sp³-hybridized carbons (Fsp3) is 0. The van der Waals surface area contributed by atoms with E-state index in [0.29, 0.717) is 0 Å². The number of carbonyl (C=O) groups excluding carboxylic acids is 1. The molecular weight excluding hydrogens is 226 g/mol. The standard InChI is InChI=1S/C14H11N3O/c18-14(17-10-4-9-15-17)16-13-8-3-6-11-5-1-2-7-12(11)13/h1-10H,(H,16,18). The van der Waals surface area contributed by atoms with Crippen LogP contribution in [0, 0.1) is 0 Å². The van der Waals surface area contributed by atoms with Crippen LogP contribution in [0.5, 0.6) is 0 Å². The lowest BCUT2D eigenvalue weighted by Gasteiger charge is -2.08. The minimum Gasteiger partial charge on any atom is -0.305 e. The third kappa shape index (κ3) is 1.84. The number of nitrogens with zero attached hydrogens (tertiary/aromatic N) is 2. The van der Waals surface area contributed by atoms with E-state index in [1.54, 1.807) is 18.5 Å². The average Bonchev–Trinajstić information content (AvgIpc) is 2.93. The third-order valence-corrected chi connectivity index (χ3v) is 2.74. The topological polar surface area (TPSA) is 46.9 Å². The van der Waals surface area contributed by atoms with Crippen molar-refractivity contribution >= 4 is 22.5 Å². The molecule has 3 rings (SSSR count). The van der Waals surface area contributed by atoms with Crippen molar-refractivity contribution in [2.24, 2.45) is 0 Å². The summed E-state index contributed by atoms with van der Waals surface area (Å²) in [5.74, 6) is 0. The molecule has 0 atom stereocenters. The van der Waals surface area contributed by atoms with E-state index in [1.807, 2.05) is 42.5 Å². The first-order chi connectivity index (χ1) is 8.84. The van der Waals surface area contributed by atoms with Crippen LogP contribution in [0.15, 0.2) is 60.9 Å². The van der Waals surface area contributed by atoms with Gasteiger partial charge in [0.1, 0.15) is 0 Å². The number of anilines is 1. The van der Waals surface area contributed by atoms with Gasteiger partial charge in [0.2, 0.25) is 0 Å². The Morgan fingerprint density at radius 2 is 1.89 bits per heavy atom. The maximum atomic E-state index is 11.9. The summed E-state index contributed by atoms with van der Waals surface area (Å²) >= 11 is 0. The molecule has 0 saturated heterocycles. The molecule has 1 N–H and O–H groups in total. The monoisotopic (exact) mass is 237 g/mol. The van der Waals surface area contributed by atoms with Gasteiger partial charge in [-0.3, -0.25) is 0 Å². The Kier molecular flexibility index (Phi) is 2.53. The minimum atomic E-state index is -0.267. The predicted molar refractivity (Wildman–Crippen MR) is 70.6 cm³/mol. The molecule has 1 heterocycles. The summed E-state index contributed by atoms with van der Waals surface area (Å²) < 4.78 is 1.27. The number of hydrogen-bond donors (Lipinski definition) is 1. The summed E-state index contributed by atoms with van der Waals surface area (Å²) in [6, 6.07) is 15.2. The first-order valence-electron chi connectivity index (χ1n) is 5.63. The van der Waals surface area contributed by atoms with Crippen molar-refractivity contribution in [3.05, 3.63) is 60.9 Å². The van der Waals surface area contributed by atoms with Gasteiger partial charge >= 0.3 is 6.03 Å². The SMILES string of the molecule is O=C(Nc1cccc2ccccc12)n1cccn1. The molecule has 3 aromatic rings. The molecule has 0 fully saturated rings. The van der Waals surface area contributed by atoms with Crippen molar-refractivity contribution in [3.8, 4) is 0 Å². The number of rotatable bonds is 1. The third-order valence-electron chi connectivity index (χ3n) is 2.74. The van der Waals surface area contributed by atoms with Gasteiger partial charge < -0.3 is 5.32 Å². The van der Waals surface area contributed by atoms with Gasteiger partial charge in [-0.2, -0.15) is 9.78 Å². The molecule has 0 bridgehead atoms. The Hall–Kier alpha value is -2.62. The van der Waals surface area contributed by atoms with Gasteiger partial charge in [0.05, 0.1) is 5.69 Å². The molecular formula is C14H11N3O. The zero-order valence-electron chi connectivity index (χ0n) is 9.58. The van der Waals surface area contributed by atoms with Gasteiger partial charge in [-0.1, -0.05) is 36.4 Å². The van der Waals surface area contributed by atoms with E-state index in [-0.39, 0.29) is 6.03 Å². The molecule has 0 aliphatic carbocycles. The van der Waals surface area contributed by atoms with E-state index in [1.165, 1.54) is 4.68 Å². The van der Waals surface area contributed by atoms with Crippen LogP contribution in [0.3, 0.4) is 0 Å². The largest absolute Gasteiger partial charge is 0.346 e. The molecule has 1 aromatic heterocycles. The van der Waals surface area contributed by atoms with Gasteiger partial charge in [-0.05, 0) is 17.5 Å². The Morgan fingerprint density at radius 3 is 2.72 bits per heavy atom. The molecule has 0 aliphatic rings. The molecule has 4 nitrogen and oxygen atoms in total. The highest BCUT2D eigenvalue weighted by molar-refractivity contribution is 6.01. The molecule has 0 radical (unpaired) electrons. The smallest absolute Gasteiger partial charge is 0.305 e. The normalized spacial score (nSPS) is 10.4. The highest BCUT2D eigenvalue weighted by Gasteiger charge is 2.06. The molecule has 2 aromatic carbocycles. The van der Waals surface area contributed by atoms with Crippen molar-refractivity contribution in [1.29, 1.82) is 0 Å². The number of nitrogens with one attached hydrogen (secondary N) is 1. The van der Waals surface area contributed by atoms with Crippen LogP contribution in [-0.2, 0) is 0 Å². The first-order valence-corrected chi connectivity index (χ1v) is 5.63. The highest BCUT2D eigenvalue weighted by Crippen LogP contribution is 2.22. The van der Waals surface area contributed by atoms with Gasteiger partial charge in [0.25, 0.3) is 0 Å². The van der Waals surface area contributed by atoms with Crippen molar-refractivity contribution in [2.45, 2.75) is 0 Å². The summed E-state index contributed by atoms with van der Waals surface area (Å²) in [5, 5.41) is 8.85. The fourth-order valence-electron chi connectivity index (χ4n) is 1.90. The van der Waals surface area contributed by atoms with Gasteiger partial charge in [0, 0.05) is 17.8 Å². The average molecular weight is 237 g/mol. The zero-order valence-corrected chi connectivity index (χ0v) is 9.58. The van der Waals surface area contributed by atoms with Crippen LogP contribution < -0.4 is 5.32 Å². The minimum absolute atomic E-state index is 0.267. The first kappa shape index (κ1) is 10.5. The van der Waals surface area contributed by atoms with Crippen molar-refractivity contribution in [1.82, 2.24) is 9.78 Å². The predicted octanol–water partition coefficient (Wildman–Crippen LogP) is 3.12. The number of benzene rings is 2. The Labute approximate surface area is 104 Å². The molecule has 0 unspecified atom stereocenters. The van der Waals surface area contributed by atoms with E-state index in [0.717, 1.165) is 16.5 Å². The number of fused-ring (bicyclic) bond motifs is 1. The second-order valence-corrected chi connectivity index (χ2v) is 3.91. The van der Waals surface area contributed by atoms with Crippen LogP contribution in [0.4, 0.5) is 10.5 Å². The highest BCUT2D eigenvalue weighted by atomic mass is 16.2. The van der Waals surface area contributed by atoms with Gasteiger partial charge in [-0.15, -0.1) is 0 Å². The Balaban J connectivity index is 1.98. The number of aromatic nitrogens is 2. The molecule has 0 aliphatic heterocycles. The fourth-order valence-corrected chi connectivity index (χ4v) is 1.90. The van der Waals surface area contributed by atoms with Crippen LogP contribution >= 0.6 is 0 Å². The number of carbonyl (C=O) groups is 1. The van der Waals surface area contributed by atoms with Crippen LogP contribution in [0.1, 0.15) is 0 Å². The van der Waals surface area contributed by atoms with Gasteiger partial charge in [-0.25, -0.2) is 4.79 Å². The Bertz CT molecular complexity index is 684. The van der Waals surface area contributed by atoms with E-state index in [2.05, 4.69) is 10.4 Å². The summed E-state index contributed by atoms with van der Waals surface area (Å²) in [7, 11) is 0. The van der Waals surface area contributed by atoms with Crippen molar-refractivity contribution in [3.63, 3.8) is 0 Å². The maximum absolute atomic E-state index is 11.9. The lowest BCUT2D eigenvalue weighted by atomic mass is 10.1. The van der Waals surface area contributed by atoms with Crippen LogP contribution in [0.2, 0.25) is 0 Å². The van der Waals surface area contributed by atoms with Crippen LogP contribution in [0.25, 0.3) is 10.8 Å². The van der Waals surface area contributed by atoms with Gasteiger partial charge in [0.15, 0.2) is 0 Å². The van der Waals surface area contributed by atoms with Crippen molar-refractivity contribution < 1.29 is 4.79 Å². The molecule has 88 valence electrons. The lowest BCUT2D eigenvalue weighted by molar-refractivity contribution is 0.251. The molecule has 0 spiro atoms. The molecule has 18 heavy (non-hydrogen) atoms. The Morgan fingerprint density at radius 1 is 1.06 bits per heavy atom. The van der Waals surface area contributed by atoms with Crippen molar-refractivity contribution in [2.75, 3.05) is 5.32 Å². The van der Waals surface area contributed by atoms with E-state index in [4.69, 9.17) is 0 Å². The number of amides is 1. The molecule has 1 amide bonds. The maximum Gasteiger partial charge on any atom is 0.346 e. The zero-order chi connectivity index (χ0) is 12.4. The van der Waals surface area contributed by atoms with E-state index >= 15 is 0 Å². The summed E-state index contributed by atoms with van der Waals surface area (Å²) in [5.41, 5.74) is 0.786. The second kappa shape index (κ2) is 4.33. The quantitative estimate of drug-likeness (QED) is 0.706. The van der Waals surface area contributed by atoms with E-state index in [9.17, 15) is 4.79 Å². The lowest BCUT2D eigenvalue weighted by Crippen LogP contribution is -2.19. The summed E-state index contributed by atoms with van der Waals surface area (Å²) in [6.07, 6.45) is 3.18. The van der Waals surface area contributed by atoms with E-state index < -0.39 is 0 Å². The van der Waals surface area contributed by atoms with Crippen LogP contribution in [-0.4, -0.2) is 15.8 Å². The second-order valence-electron chi connectivity index (χ2n) is 3.91. The number of hydrogen-bond acceptors (Lipinski definition) is 2.